The number of rotatable bonds is 6. The molecule has 0 radical (unpaired) electrons. The molecule has 3 heterocycles. The van der Waals surface area contributed by atoms with Gasteiger partial charge < -0.3 is 15.2 Å². The molecule has 0 atom stereocenters. The van der Waals surface area contributed by atoms with E-state index in [9.17, 15) is 14.3 Å². The summed E-state index contributed by atoms with van der Waals surface area (Å²) in [5.74, 6) is -0.0497. The van der Waals surface area contributed by atoms with E-state index in [0.717, 1.165) is 11.1 Å². The highest BCUT2D eigenvalue weighted by Gasteiger charge is 2.20. The molecule has 7 nitrogen and oxygen atoms in total. The molecule has 0 unspecified atom stereocenters. The third-order valence-corrected chi connectivity index (χ3v) is 6.32. The van der Waals surface area contributed by atoms with Gasteiger partial charge in [0.05, 0.1) is 5.52 Å². The number of carbonyl (C=O) groups is 1. The number of nitrogens with one attached hydrogen (secondary N) is 1. The molecule has 5 aromatic rings. The smallest absolute Gasteiger partial charge is 0.261 e. The summed E-state index contributed by atoms with van der Waals surface area (Å²) in [6.07, 6.45) is 4.70. The Morgan fingerprint density at radius 1 is 1.00 bits per heavy atom. The molecule has 0 spiro atoms. The van der Waals surface area contributed by atoms with Crippen LogP contribution in [-0.2, 0) is 0 Å². The van der Waals surface area contributed by atoms with E-state index in [2.05, 4.69) is 26.8 Å². The zero-order chi connectivity index (χ0) is 27.7. The van der Waals surface area contributed by atoms with Crippen molar-refractivity contribution in [3.05, 3.63) is 108 Å². The normalized spacial score (nSPS) is 10.9. The van der Waals surface area contributed by atoms with Crippen LogP contribution < -0.4 is 10.1 Å². The number of anilines is 1. The van der Waals surface area contributed by atoms with Gasteiger partial charge in [0.2, 0.25) is 0 Å². The number of aryl methyl sites for hydroxylation is 2. The molecule has 3 aromatic heterocycles. The summed E-state index contributed by atoms with van der Waals surface area (Å²) in [5, 5.41) is 13.8. The number of allylic oxidation sites excluding steroid dienone is 1. The van der Waals surface area contributed by atoms with Gasteiger partial charge in [-0.2, -0.15) is 0 Å². The molecule has 0 saturated heterocycles. The summed E-state index contributed by atoms with van der Waals surface area (Å²) in [6, 6.07) is 14.7. The molecule has 2 N–H and O–H groups in total. The number of amides is 1. The van der Waals surface area contributed by atoms with Crippen LogP contribution >= 0.6 is 0 Å². The minimum Gasteiger partial charge on any atom is -0.506 e. The van der Waals surface area contributed by atoms with Gasteiger partial charge in [-0.05, 0) is 85.5 Å². The lowest BCUT2D eigenvalue weighted by Gasteiger charge is -2.14. The molecule has 0 aliphatic heterocycles. The number of hydrogen-bond donors (Lipinski definition) is 2. The van der Waals surface area contributed by atoms with Crippen LogP contribution in [0.4, 0.5) is 10.1 Å². The summed E-state index contributed by atoms with van der Waals surface area (Å²) in [5.41, 5.74) is 5.74. The Hall–Kier alpha value is -5.11. The minimum absolute atomic E-state index is 0.00288. The van der Waals surface area contributed by atoms with Gasteiger partial charge in [-0.3, -0.25) is 19.7 Å². The Labute approximate surface area is 224 Å². The van der Waals surface area contributed by atoms with Crippen LogP contribution in [0.3, 0.4) is 0 Å². The molecule has 1 amide bonds. The zero-order valence-corrected chi connectivity index (χ0v) is 21.6. The second kappa shape index (κ2) is 10.3. The summed E-state index contributed by atoms with van der Waals surface area (Å²) in [4.78, 5) is 26.2. The lowest BCUT2D eigenvalue weighted by Crippen LogP contribution is -2.13. The van der Waals surface area contributed by atoms with Crippen LogP contribution in [0.1, 0.15) is 34.1 Å². The van der Waals surface area contributed by atoms with E-state index in [1.54, 1.807) is 62.6 Å². The average molecular weight is 521 g/mol. The largest absolute Gasteiger partial charge is 0.506 e. The zero-order valence-electron chi connectivity index (χ0n) is 21.6. The van der Waals surface area contributed by atoms with E-state index in [1.165, 1.54) is 18.3 Å². The Bertz CT molecular complexity index is 1750. The molecular weight excluding hydrogens is 495 g/mol. The van der Waals surface area contributed by atoms with Crippen molar-refractivity contribution in [3.63, 3.8) is 0 Å². The van der Waals surface area contributed by atoms with Gasteiger partial charge >= 0.3 is 0 Å². The van der Waals surface area contributed by atoms with Gasteiger partial charge in [0.25, 0.3) is 5.91 Å². The second-order valence-electron chi connectivity index (χ2n) is 9.20. The fourth-order valence-electron chi connectivity index (χ4n) is 4.24. The highest BCUT2D eigenvalue weighted by Crippen LogP contribution is 2.36. The highest BCUT2D eigenvalue weighted by atomic mass is 19.1. The van der Waals surface area contributed by atoms with Crippen molar-refractivity contribution in [1.82, 2.24) is 15.0 Å². The first-order valence-corrected chi connectivity index (χ1v) is 12.2. The lowest BCUT2D eigenvalue weighted by molar-refractivity contribution is 0.102. The van der Waals surface area contributed by atoms with E-state index in [0.29, 0.717) is 50.6 Å². The van der Waals surface area contributed by atoms with Gasteiger partial charge in [0.1, 0.15) is 28.4 Å². The minimum atomic E-state index is -0.535. The number of aromatic nitrogens is 3. The maximum atomic E-state index is 13.6. The number of benzene rings is 2. The van der Waals surface area contributed by atoms with Crippen molar-refractivity contribution in [1.29, 1.82) is 0 Å². The van der Waals surface area contributed by atoms with E-state index >= 15 is 0 Å². The Morgan fingerprint density at radius 3 is 2.49 bits per heavy atom. The van der Waals surface area contributed by atoms with E-state index in [4.69, 9.17) is 4.74 Å². The first kappa shape index (κ1) is 25.5. The number of ether oxygens (including phenoxy) is 1. The molecule has 0 aliphatic rings. The summed E-state index contributed by atoms with van der Waals surface area (Å²) in [6.45, 7) is 9.31. The monoisotopic (exact) mass is 520 g/mol. The maximum absolute atomic E-state index is 13.6. The van der Waals surface area contributed by atoms with Gasteiger partial charge in [-0.25, -0.2) is 4.39 Å². The average Bonchev–Trinajstić information content (AvgIpc) is 2.90. The SMILES string of the molecule is C=C(C)c1cnc2c(Oc3ccc(NC(=O)c4cnc(C)c(-c5ccc(F)cc5C)c4O)cc3)ccnc2c1. The van der Waals surface area contributed by atoms with Crippen LogP contribution in [0.25, 0.3) is 27.7 Å². The predicted octanol–water partition coefficient (Wildman–Crippen LogP) is 7.23. The van der Waals surface area contributed by atoms with Crippen molar-refractivity contribution in [2.45, 2.75) is 20.8 Å². The summed E-state index contributed by atoms with van der Waals surface area (Å²) in [7, 11) is 0. The first-order valence-electron chi connectivity index (χ1n) is 12.2. The molecule has 8 heteroatoms. The molecule has 0 bridgehead atoms. The third kappa shape index (κ3) is 5.17. The topological polar surface area (TPSA) is 97.2 Å². The number of hydrogen-bond acceptors (Lipinski definition) is 6. The number of pyridine rings is 3. The maximum Gasteiger partial charge on any atom is 0.261 e. The van der Waals surface area contributed by atoms with Crippen LogP contribution in [0.5, 0.6) is 17.2 Å². The van der Waals surface area contributed by atoms with E-state index in [1.807, 2.05) is 13.0 Å². The Morgan fingerprint density at radius 2 is 1.77 bits per heavy atom. The van der Waals surface area contributed by atoms with Crippen molar-refractivity contribution in [2.24, 2.45) is 0 Å². The van der Waals surface area contributed by atoms with Gasteiger partial charge in [0, 0.05) is 41.6 Å². The standard InChI is InChI=1S/C31H25FN4O3/c1-17(2)20-14-26-29(35-15-20)27(11-12-33-26)39-23-8-6-22(7-9-23)36-31(38)25-16-34-19(4)28(30(25)37)24-10-5-21(32)13-18(24)3/h5-16H,1H2,2-4H3,(H,34,37)(H,36,38). The van der Waals surface area contributed by atoms with Crippen molar-refractivity contribution < 1.29 is 19.0 Å². The highest BCUT2D eigenvalue weighted by molar-refractivity contribution is 6.07. The fourth-order valence-corrected chi connectivity index (χ4v) is 4.24. The van der Waals surface area contributed by atoms with Crippen molar-refractivity contribution in [3.8, 4) is 28.4 Å². The summed E-state index contributed by atoms with van der Waals surface area (Å²) >= 11 is 0. The Kier molecular flexibility index (Phi) is 6.77. The number of nitrogens with zero attached hydrogens (tertiary/aromatic N) is 3. The first-order chi connectivity index (χ1) is 18.7. The molecular formula is C31H25FN4O3. The third-order valence-electron chi connectivity index (χ3n) is 6.32. The van der Waals surface area contributed by atoms with Crippen LogP contribution in [0.2, 0.25) is 0 Å². The van der Waals surface area contributed by atoms with Gasteiger partial charge in [-0.15, -0.1) is 0 Å². The predicted molar refractivity (Wildman–Crippen MR) is 149 cm³/mol. The van der Waals surface area contributed by atoms with Crippen LogP contribution in [0.15, 0.2) is 79.8 Å². The van der Waals surface area contributed by atoms with Crippen LogP contribution in [0, 0.1) is 19.7 Å². The molecule has 5 rings (SSSR count). The molecule has 0 saturated carbocycles. The van der Waals surface area contributed by atoms with Crippen LogP contribution in [-0.4, -0.2) is 26.0 Å². The molecule has 39 heavy (non-hydrogen) atoms. The fraction of sp³-hybridized carbons (Fsp3) is 0.0968. The van der Waals surface area contributed by atoms with E-state index < -0.39 is 5.91 Å². The number of aromatic hydroxyl groups is 1. The number of fused-ring (bicyclic) bond motifs is 1. The van der Waals surface area contributed by atoms with E-state index in [-0.39, 0.29) is 17.1 Å². The Balaban J connectivity index is 1.35. The number of carbonyl (C=O) groups excluding carboxylic acids is 1. The quantitative estimate of drug-likeness (QED) is 0.245. The molecule has 0 aliphatic carbocycles. The lowest BCUT2D eigenvalue weighted by atomic mass is 9.96. The molecule has 194 valence electrons. The molecule has 0 fully saturated rings. The van der Waals surface area contributed by atoms with Gasteiger partial charge in [0.15, 0.2) is 5.75 Å². The number of halogens is 1. The summed E-state index contributed by atoms with van der Waals surface area (Å²) < 4.78 is 19.7. The van der Waals surface area contributed by atoms with Crippen molar-refractivity contribution in [2.75, 3.05) is 5.32 Å². The molecule has 2 aromatic carbocycles. The van der Waals surface area contributed by atoms with Gasteiger partial charge in [-0.1, -0.05) is 12.6 Å². The van der Waals surface area contributed by atoms with Crippen molar-refractivity contribution >= 4 is 28.2 Å². The second-order valence-corrected chi connectivity index (χ2v) is 9.20.